The van der Waals surface area contributed by atoms with E-state index in [0.717, 1.165) is 12.8 Å². The summed E-state index contributed by atoms with van der Waals surface area (Å²) in [4.78, 5) is 11.1. The Labute approximate surface area is 80.5 Å². The molecule has 0 bridgehead atoms. The zero-order valence-corrected chi connectivity index (χ0v) is 8.89. The van der Waals surface area contributed by atoms with E-state index >= 15 is 0 Å². The lowest BCUT2D eigenvalue weighted by atomic mass is 10.0. The lowest BCUT2D eigenvalue weighted by Gasteiger charge is -2.21. The van der Waals surface area contributed by atoms with Crippen molar-refractivity contribution in [3.63, 3.8) is 0 Å². The third-order valence-corrected chi connectivity index (χ3v) is 2.19. The predicted molar refractivity (Wildman–Crippen MR) is 53.4 cm³/mol. The Morgan fingerprint density at radius 3 is 2.54 bits per heavy atom. The van der Waals surface area contributed by atoms with Gasteiger partial charge in [0.05, 0.1) is 5.60 Å². The highest BCUT2D eigenvalue weighted by Crippen LogP contribution is 2.06. The zero-order chi connectivity index (χ0) is 10.3. The number of hydrogen-bond acceptors (Lipinski definition) is 2. The van der Waals surface area contributed by atoms with Crippen LogP contribution in [0.1, 0.15) is 46.5 Å². The number of aliphatic hydroxyl groups is 1. The van der Waals surface area contributed by atoms with Crippen molar-refractivity contribution in [3.8, 4) is 0 Å². The van der Waals surface area contributed by atoms with Crippen LogP contribution in [0.3, 0.4) is 0 Å². The van der Waals surface area contributed by atoms with E-state index in [1.807, 2.05) is 6.92 Å². The zero-order valence-electron chi connectivity index (χ0n) is 8.89. The monoisotopic (exact) mass is 187 g/mol. The summed E-state index contributed by atoms with van der Waals surface area (Å²) >= 11 is 0. The van der Waals surface area contributed by atoms with Crippen molar-refractivity contribution in [2.24, 2.45) is 0 Å². The van der Waals surface area contributed by atoms with Crippen LogP contribution in [0.25, 0.3) is 0 Å². The van der Waals surface area contributed by atoms with Gasteiger partial charge in [0, 0.05) is 13.0 Å². The molecule has 78 valence electrons. The van der Waals surface area contributed by atoms with E-state index in [4.69, 9.17) is 0 Å². The van der Waals surface area contributed by atoms with Crippen LogP contribution in [0, 0.1) is 0 Å². The van der Waals surface area contributed by atoms with Crippen molar-refractivity contribution in [1.82, 2.24) is 5.32 Å². The third kappa shape index (κ3) is 6.58. The van der Waals surface area contributed by atoms with Gasteiger partial charge in [-0.25, -0.2) is 0 Å². The summed E-state index contributed by atoms with van der Waals surface area (Å²) in [5.41, 5.74) is -0.762. The molecule has 1 unspecified atom stereocenters. The molecule has 1 amide bonds. The molecule has 0 spiro atoms. The summed E-state index contributed by atoms with van der Waals surface area (Å²) in [6.07, 6.45) is 3.16. The highest BCUT2D eigenvalue weighted by Gasteiger charge is 2.17. The molecular weight excluding hydrogens is 166 g/mol. The van der Waals surface area contributed by atoms with Crippen molar-refractivity contribution < 1.29 is 9.90 Å². The Morgan fingerprint density at radius 2 is 2.08 bits per heavy atom. The molecule has 3 heteroatoms. The number of unbranched alkanes of at least 4 members (excludes halogenated alkanes) is 1. The van der Waals surface area contributed by atoms with Crippen LogP contribution in [0.4, 0.5) is 0 Å². The van der Waals surface area contributed by atoms with E-state index in [1.165, 1.54) is 0 Å². The summed E-state index contributed by atoms with van der Waals surface area (Å²) in [5, 5.41) is 12.3. The molecule has 0 aromatic rings. The van der Waals surface area contributed by atoms with Gasteiger partial charge >= 0.3 is 0 Å². The second kappa shape index (κ2) is 5.97. The molecular formula is C10H21NO2. The van der Waals surface area contributed by atoms with Gasteiger partial charge in [-0.15, -0.1) is 0 Å². The largest absolute Gasteiger partial charge is 0.388 e. The first-order valence-corrected chi connectivity index (χ1v) is 5.01. The van der Waals surface area contributed by atoms with Crippen LogP contribution < -0.4 is 5.32 Å². The fourth-order valence-corrected chi connectivity index (χ4v) is 0.840. The van der Waals surface area contributed by atoms with Gasteiger partial charge in [0.2, 0.25) is 5.91 Å². The summed E-state index contributed by atoms with van der Waals surface area (Å²) < 4.78 is 0. The molecule has 0 fully saturated rings. The molecule has 0 rings (SSSR count). The fraction of sp³-hybridized carbons (Fsp3) is 0.900. The maximum Gasteiger partial charge on any atom is 0.220 e. The predicted octanol–water partition coefficient (Wildman–Crippen LogP) is 1.45. The Bertz CT molecular complexity index is 155. The molecule has 0 aromatic heterocycles. The van der Waals surface area contributed by atoms with Crippen LogP contribution in [0.5, 0.6) is 0 Å². The molecule has 0 aliphatic rings. The van der Waals surface area contributed by atoms with Gasteiger partial charge in [-0.2, -0.15) is 0 Å². The van der Waals surface area contributed by atoms with E-state index in [9.17, 15) is 9.90 Å². The topological polar surface area (TPSA) is 49.3 Å². The van der Waals surface area contributed by atoms with Crippen molar-refractivity contribution in [2.45, 2.75) is 52.1 Å². The van der Waals surface area contributed by atoms with Crippen LogP contribution in [-0.4, -0.2) is 23.2 Å². The summed E-state index contributed by atoms with van der Waals surface area (Å²) in [5.74, 6) is 0.0376. The normalized spacial score (nSPS) is 15.1. The second-order valence-corrected chi connectivity index (χ2v) is 3.73. The molecule has 13 heavy (non-hydrogen) atoms. The Hall–Kier alpha value is -0.570. The average molecular weight is 187 g/mol. The maximum absolute atomic E-state index is 11.1. The SMILES string of the molecule is CCCCC(=O)NCC(C)(O)CC. The first-order valence-electron chi connectivity index (χ1n) is 5.01. The average Bonchev–Trinajstić information content (AvgIpc) is 2.11. The third-order valence-electron chi connectivity index (χ3n) is 2.19. The second-order valence-electron chi connectivity index (χ2n) is 3.73. The van der Waals surface area contributed by atoms with E-state index in [0.29, 0.717) is 19.4 Å². The van der Waals surface area contributed by atoms with E-state index in [2.05, 4.69) is 12.2 Å². The fourth-order valence-electron chi connectivity index (χ4n) is 0.840. The molecule has 0 saturated heterocycles. The number of nitrogens with one attached hydrogen (secondary N) is 1. The molecule has 0 aliphatic carbocycles. The molecule has 2 N–H and O–H groups in total. The molecule has 1 atom stereocenters. The molecule has 0 heterocycles. The Balaban J connectivity index is 3.57. The minimum atomic E-state index is -0.762. The smallest absolute Gasteiger partial charge is 0.220 e. The Kier molecular flexibility index (Phi) is 5.71. The van der Waals surface area contributed by atoms with Crippen LogP contribution in [0.15, 0.2) is 0 Å². The molecule has 0 saturated carbocycles. The van der Waals surface area contributed by atoms with Crippen molar-refractivity contribution in [3.05, 3.63) is 0 Å². The summed E-state index contributed by atoms with van der Waals surface area (Å²) in [6, 6.07) is 0. The number of hydrogen-bond donors (Lipinski definition) is 2. The van der Waals surface area contributed by atoms with Gasteiger partial charge < -0.3 is 10.4 Å². The van der Waals surface area contributed by atoms with Crippen LogP contribution in [-0.2, 0) is 4.79 Å². The molecule has 0 radical (unpaired) electrons. The quantitative estimate of drug-likeness (QED) is 0.661. The van der Waals surface area contributed by atoms with Crippen molar-refractivity contribution >= 4 is 5.91 Å². The minimum absolute atomic E-state index is 0.0376. The number of amides is 1. The molecule has 3 nitrogen and oxygen atoms in total. The first kappa shape index (κ1) is 12.4. The summed E-state index contributed by atoms with van der Waals surface area (Å²) in [6.45, 7) is 6.03. The van der Waals surface area contributed by atoms with Gasteiger partial charge in [-0.3, -0.25) is 4.79 Å². The highest BCUT2D eigenvalue weighted by molar-refractivity contribution is 5.75. The highest BCUT2D eigenvalue weighted by atomic mass is 16.3. The van der Waals surface area contributed by atoms with Crippen molar-refractivity contribution in [2.75, 3.05) is 6.54 Å². The van der Waals surface area contributed by atoms with E-state index in [1.54, 1.807) is 6.92 Å². The number of carbonyl (C=O) groups is 1. The minimum Gasteiger partial charge on any atom is -0.388 e. The molecule has 0 aliphatic heterocycles. The lowest BCUT2D eigenvalue weighted by Crippen LogP contribution is -2.39. The Morgan fingerprint density at radius 1 is 1.46 bits per heavy atom. The van der Waals surface area contributed by atoms with Gasteiger partial charge in [0.25, 0.3) is 0 Å². The van der Waals surface area contributed by atoms with Gasteiger partial charge in [-0.05, 0) is 19.8 Å². The van der Waals surface area contributed by atoms with Gasteiger partial charge in [0.1, 0.15) is 0 Å². The number of carbonyl (C=O) groups excluding carboxylic acids is 1. The van der Waals surface area contributed by atoms with Crippen molar-refractivity contribution in [1.29, 1.82) is 0 Å². The van der Waals surface area contributed by atoms with Gasteiger partial charge in [0.15, 0.2) is 0 Å². The first-order chi connectivity index (χ1) is 6.02. The standard InChI is InChI=1S/C10H21NO2/c1-4-6-7-9(12)11-8-10(3,13)5-2/h13H,4-8H2,1-3H3,(H,11,12). The maximum atomic E-state index is 11.1. The summed E-state index contributed by atoms with van der Waals surface area (Å²) in [7, 11) is 0. The van der Waals surface area contributed by atoms with Gasteiger partial charge in [-0.1, -0.05) is 20.3 Å². The van der Waals surface area contributed by atoms with E-state index < -0.39 is 5.60 Å². The number of rotatable bonds is 6. The van der Waals surface area contributed by atoms with Crippen LogP contribution >= 0.6 is 0 Å². The van der Waals surface area contributed by atoms with E-state index in [-0.39, 0.29) is 5.91 Å². The lowest BCUT2D eigenvalue weighted by molar-refractivity contribution is -0.122. The van der Waals surface area contributed by atoms with Crippen LogP contribution in [0.2, 0.25) is 0 Å². The molecule has 0 aromatic carbocycles.